The molecule has 1 heterocycles. The van der Waals surface area contributed by atoms with E-state index in [1.807, 2.05) is 0 Å². The molecule has 1 N–H and O–H groups in total. The lowest BCUT2D eigenvalue weighted by Gasteiger charge is -2.18. The van der Waals surface area contributed by atoms with E-state index in [1.165, 1.54) is 12.3 Å². The first-order valence-electron chi connectivity index (χ1n) is 8.11. The third-order valence-electron chi connectivity index (χ3n) is 6.13. The van der Waals surface area contributed by atoms with Crippen molar-refractivity contribution in [3.8, 4) is 5.75 Å². The van der Waals surface area contributed by atoms with Crippen molar-refractivity contribution in [3.63, 3.8) is 0 Å². The maximum Gasteiger partial charge on any atom is 0.254 e. The number of phenols is 1. The number of allylic oxidation sites excluding steroid dienone is 2. The summed E-state index contributed by atoms with van der Waals surface area (Å²) in [6.45, 7) is 0. The number of imide groups is 1. The molecule has 24 heavy (non-hydrogen) atoms. The third-order valence-corrected chi connectivity index (χ3v) is 6.62. The van der Waals surface area contributed by atoms with Gasteiger partial charge in [0.2, 0.25) is 0 Å². The molecular weight excluding hydrogens is 372 g/mol. The second kappa shape index (κ2) is 4.57. The molecule has 1 aromatic carbocycles. The molecule has 2 bridgehead atoms. The topological polar surface area (TPSA) is 70.0 Å². The first kappa shape index (κ1) is 14.4. The second-order valence-corrected chi connectivity index (χ2v) is 8.07. The monoisotopic (exact) mass is 386 g/mol. The Morgan fingerprint density at radius 1 is 1.17 bits per heavy atom. The highest BCUT2D eigenvalue weighted by atomic mass is 79.9. The van der Waals surface area contributed by atoms with Gasteiger partial charge in [0.1, 0.15) is 5.75 Å². The van der Waals surface area contributed by atoms with Gasteiger partial charge < -0.3 is 5.11 Å². The average molecular weight is 387 g/mol. The minimum absolute atomic E-state index is 0.0555. The van der Waals surface area contributed by atoms with Gasteiger partial charge in [-0.25, -0.2) is 0 Å². The Bertz CT molecular complexity index is 809. The number of hydrogen-bond acceptors (Lipinski definition) is 4. The quantitative estimate of drug-likeness (QED) is 0.482. The standard InChI is InChI=1S/C18H15BrN2O3/c19-10-1-4-13(22)9(7-10)8-20-21-16(23)14-11-2-3-12(15(14)17(21)24)18(11)5-6-18/h1-4,7-8,11-12,14-15,22H,5-6H2/b20-8-/t11-,12-,14+,15+/m1/s1. The van der Waals surface area contributed by atoms with E-state index in [0.29, 0.717) is 5.56 Å². The Balaban J connectivity index is 1.45. The van der Waals surface area contributed by atoms with E-state index < -0.39 is 0 Å². The number of hydrogen-bond donors (Lipinski definition) is 1. The van der Waals surface area contributed by atoms with E-state index in [1.54, 1.807) is 12.1 Å². The van der Waals surface area contributed by atoms with Gasteiger partial charge in [0.25, 0.3) is 11.8 Å². The first-order chi connectivity index (χ1) is 11.5. The molecule has 0 unspecified atom stereocenters. The van der Waals surface area contributed by atoms with Gasteiger partial charge in [0, 0.05) is 10.0 Å². The van der Waals surface area contributed by atoms with Crippen LogP contribution < -0.4 is 0 Å². The van der Waals surface area contributed by atoms with Crippen LogP contribution in [0.3, 0.4) is 0 Å². The van der Waals surface area contributed by atoms with E-state index in [0.717, 1.165) is 22.3 Å². The Morgan fingerprint density at radius 2 is 1.79 bits per heavy atom. The molecule has 1 aromatic rings. The van der Waals surface area contributed by atoms with Crippen molar-refractivity contribution in [2.24, 2.45) is 34.2 Å². The number of amides is 2. The number of phenolic OH excluding ortho intramolecular Hbond substituents is 1. The van der Waals surface area contributed by atoms with Gasteiger partial charge in [-0.3, -0.25) is 9.59 Å². The molecule has 2 saturated carbocycles. The van der Waals surface area contributed by atoms with Crippen LogP contribution in [0.5, 0.6) is 5.75 Å². The Kier molecular flexibility index (Phi) is 2.74. The molecule has 1 spiro atoms. The van der Waals surface area contributed by atoms with Crippen LogP contribution in [-0.4, -0.2) is 28.1 Å². The first-order valence-corrected chi connectivity index (χ1v) is 8.91. The van der Waals surface area contributed by atoms with Crippen LogP contribution in [0, 0.1) is 29.1 Å². The maximum atomic E-state index is 12.8. The van der Waals surface area contributed by atoms with Crippen molar-refractivity contribution < 1.29 is 14.7 Å². The summed E-state index contributed by atoms with van der Waals surface area (Å²) in [7, 11) is 0. The van der Waals surface area contributed by atoms with Gasteiger partial charge in [0.05, 0.1) is 18.1 Å². The lowest BCUT2D eigenvalue weighted by Crippen LogP contribution is -2.30. The van der Waals surface area contributed by atoms with Crippen molar-refractivity contribution in [1.82, 2.24) is 5.01 Å². The van der Waals surface area contributed by atoms with Crippen LogP contribution in [0.15, 0.2) is 39.9 Å². The summed E-state index contributed by atoms with van der Waals surface area (Å²) in [4.78, 5) is 25.5. The summed E-state index contributed by atoms with van der Waals surface area (Å²) in [6, 6.07) is 4.94. The Hall–Kier alpha value is -1.95. The molecule has 2 amide bonds. The minimum Gasteiger partial charge on any atom is -0.507 e. The molecule has 0 radical (unpaired) electrons. The van der Waals surface area contributed by atoms with E-state index in [4.69, 9.17) is 0 Å². The fraction of sp³-hybridized carbons (Fsp3) is 0.389. The van der Waals surface area contributed by atoms with Crippen LogP contribution in [-0.2, 0) is 9.59 Å². The number of carbonyl (C=O) groups excluding carboxylic acids is 2. The van der Waals surface area contributed by atoms with Crippen molar-refractivity contribution in [1.29, 1.82) is 0 Å². The van der Waals surface area contributed by atoms with Crippen LogP contribution in [0.1, 0.15) is 18.4 Å². The van der Waals surface area contributed by atoms with Crippen LogP contribution in [0.2, 0.25) is 0 Å². The van der Waals surface area contributed by atoms with E-state index in [9.17, 15) is 14.7 Å². The van der Waals surface area contributed by atoms with Crippen LogP contribution in [0.25, 0.3) is 0 Å². The molecular formula is C18H15BrN2O3. The molecule has 5 rings (SSSR count). The molecule has 0 aromatic heterocycles. The number of carbonyl (C=O) groups is 2. The summed E-state index contributed by atoms with van der Waals surface area (Å²) in [5.41, 5.74) is 0.653. The summed E-state index contributed by atoms with van der Waals surface area (Å²) < 4.78 is 0.788. The normalized spacial score (nSPS) is 34.8. The van der Waals surface area contributed by atoms with Crippen LogP contribution in [0.4, 0.5) is 0 Å². The van der Waals surface area contributed by atoms with Gasteiger partial charge >= 0.3 is 0 Å². The highest BCUT2D eigenvalue weighted by Gasteiger charge is 2.73. The number of nitrogens with zero attached hydrogens (tertiary/aromatic N) is 2. The van der Waals surface area contributed by atoms with Gasteiger partial charge in [-0.2, -0.15) is 10.1 Å². The zero-order valence-electron chi connectivity index (χ0n) is 12.7. The fourth-order valence-corrected chi connectivity index (χ4v) is 5.30. The van der Waals surface area contributed by atoms with Gasteiger partial charge in [-0.05, 0) is 48.3 Å². The van der Waals surface area contributed by atoms with E-state index >= 15 is 0 Å². The van der Waals surface area contributed by atoms with E-state index in [2.05, 4.69) is 33.2 Å². The number of aromatic hydroxyl groups is 1. The molecule has 4 aliphatic rings. The zero-order valence-corrected chi connectivity index (χ0v) is 14.3. The second-order valence-electron chi connectivity index (χ2n) is 7.16. The van der Waals surface area contributed by atoms with Crippen molar-refractivity contribution in [2.75, 3.05) is 0 Å². The molecule has 4 atom stereocenters. The van der Waals surface area contributed by atoms with Crippen molar-refractivity contribution in [2.45, 2.75) is 12.8 Å². The number of hydrazone groups is 1. The summed E-state index contributed by atoms with van der Waals surface area (Å²) in [5.74, 6) is -0.434. The van der Waals surface area contributed by atoms with Gasteiger partial charge in [-0.1, -0.05) is 28.1 Å². The molecule has 5 nitrogen and oxygen atoms in total. The molecule has 6 heteroatoms. The SMILES string of the molecule is O=C1[C@@H]2[C@@H](C(=O)N1/N=C\c1cc(Br)ccc1O)[C@H]1C=C[C@H]2C12CC2. The molecule has 1 saturated heterocycles. The third kappa shape index (κ3) is 1.67. The number of rotatable bonds is 2. The Labute approximate surface area is 147 Å². The number of fused-ring (bicyclic) bond motifs is 3. The highest BCUT2D eigenvalue weighted by molar-refractivity contribution is 9.10. The van der Waals surface area contributed by atoms with Crippen molar-refractivity contribution >= 4 is 34.0 Å². The molecule has 1 aliphatic heterocycles. The number of benzene rings is 1. The Morgan fingerprint density at radius 3 is 2.38 bits per heavy atom. The predicted octanol–water partition coefficient (Wildman–Crippen LogP) is 2.69. The number of halogens is 1. The summed E-state index contributed by atoms with van der Waals surface area (Å²) in [6.07, 6.45) is 7.89. The molecule has 3 fully saturated rings. The molecule has 3 aliphatic carbocycles. The smallest absolute Gasteiger partial charge is 0.254 e. The minimum atomic E-state index is -0.247. The zero-order chi connectivity index (χ0) is 16.6. The largest absolute Gasteiger partial charge is 0.507 e. The fourth-order valence-electron chi connectivity index (χ4n) is 4.93. The predicted molar refractivity (Wildman–Crippen MR) is 90.0 cm³/mol. The molecule has 122 valence electrons. The lowest BCUT2D eigenvalue weighted by molar-refractivity contribution is -0.141. The van der Waals surface area contributed by atoms with Gasteiger partial charge in [-0.15, -0.1) is 0 Å². The summed E-state index contributed by atoms with van der Waals surface area (Å²) >= 11 is 3.33. The van der Waals surface area contributed by atoms with Gasteiger partial charge in [0.15, 0.2) is 0 Å². The summed E-state index contributed by atoms with van der Waals surface area (Å²) in [5, 5.41) is 15.0. The van der Waals surface area contributed by atoms with Crippen molar-refractivity contribution in [3.05, 3.63) is 40.4 Å². The lowest BCUT2D eigenvalue weighted by atomic mass is 9.85. The van der Waals surface area contributed by atoms with Crippen LogP contribution >= 0.6 is 15.9 Å². The highest BCUT2D eigenvalue weighted by Crippen LogP contribution is 2.73. The van der Waals surface area contributed by atoms with E-state index in [-0.39, 0.29) is 46.7 Å². The maximum absolute atomic E-state index is 12.8. The average Bonchev–Trinajstić information content (AvgIpc) is 3.16.